The second kappa shape index (κ2) is 9.47. The first-order chi connectivity index (χ1) is 15.5. The number of hydrogen-bond acceptors (Lipinski definition) is 8. The van der Waals surface area contributed by atoms with E-state index in [9.17, 15) is 9.32 Å². The summed E-state index contributed by atoms with van der Waals surface area (Å²) in [5, 5.41) is 23.6. The lowest BCUT2D eigenvalue weighted by Gasteiger charge is -2.14. The van der Waals surface area contributed by atoms with Crippen LogP contribution in [0.4, 0.5) is 17.5 Å². The maximum absolute atomic E-state index is 11.3. The van der Waals surface area contributed by atoms with Gasteiger partial charge < -0.3 is 15.7 Å². The van der Waals surface area contributed by atoms with E-state index in [0.29, 0.717) is 27.9 Å². The standard InChI is InChI=1S/C22H21N7O2S/c1-14(13-30)26-21-17(5-3-15-2-4-16-12-25-29-20(16)10-15)11-24-22(28-21)27-18-6-8-19(9-7-18)32(23)31/h2,4,6-12,14,23,30,32H,13H2,1H3,(H,25,29)(H2,24,26,27,28)/t14-/m1/s1. The van der Waals surface area contributed by atoms with Crippen LogP contribution in [-0.2, 0) is 10.6 Å². The van der Waals surface area contributed by atoms with Gasteiger partial charge in [-0.1, -0.05) is 11.8 Å². The van der Waals surface area contributed by atoms with Crippen molar-refractivity contribution in [2.45, 2.75) is 17.9 Å². The average Bonchev–Trinajstić information content (AvgIpc) is 3.27. The van der Waals surface area contributed by atoms with E-state index in [2.05, 4.69) is 42.6 Å². The van der Waals surface area contributed by atoms with Gasteiger partial charge in [-0.15, -0.1) is 0 Å². The van der Waals surface area contributed by atoms with Crippen LogP contribution in [-0.4, -0.2) is 42.1 Å². The monoisotopic (exact) mass is 447 g/mol. The van der Waals surface area contributed by atoms with E-state index in [4.69, 9.17) is 4.78 Å². The number of rotatable bonds is 6. The topological polar surface area (TPSA) is 140 Å². The summed E-state index contributed by atoms with van der Waals surface area (Å²) in [5.74, 6) is 7.04. The summed E-state index contributed by atoms with van der Waals surface area (Å²) in [5.41, 5.74) is 3.00. The Morgan fingerprint density at radius 1 is 1.19 bits per heavy atom. The highest BCUT2D eigenvalue weighted by Crippen LogP contribution is 2.19. The van der Waals surface area contributed by atoms with E-state index in [1.54, 1.807) is 36.7 Å². The van der Waals surface area contributed by atoms with Gasteiger partial charge in [0, 0.05) is 27.6 Å². The summed E-state index contributed by atoms with van der Waals surface area (Å²) in [4.78, 5) is 9.30. The summed E-state index contributed by atoms with van der Waals surface area (Å²) in [7, 11) is -2.13. The van der Waals surface area contributed by atoms with Crippen molar-refractivity contribution in [1.29, 1.82) is 4.78 Å². The molecule has 0 radical (unpaired) electrons. The molecule has 0 saturated carbocycles. The minimum atomic E-state index is -2.13. The minimum Gasteiger partial charge on any atom is -0.394 e. The van der Waals surface area contributed by atoms with Crippen LogP contribution in [0.3, 0.4) is 0 Å². The second-order valence-electron chi connectivity index (χ2n) is 7.07. The van der Waals surface area contributed by atoms with Gasteiger partial charge in [0.15, 0.2) is 0 Å². The number of aromatic amines is 1. The van der Waals surface area contributed by atoms with Gasteiger partial charge in [0.2, 0.25) is 5.95 Å². The number of hydrogen-bond donors (Lipinski definition) is 6. The van der Waals surface area contributed by atoms with Crippen LogP contribution < -0.4 is 10.6 Å². The first kappa shape index (κ1) is 21.3. The van der Waals surface area contributed by atoms with Crippen molar-refractivity contribution in [2.75, 3.05) is 17.2 Å². The Morgan fingerprint density at radius 2 is 2.00 bits per heavy atom. The molecule has 0 bridgehead atoms. The lowest BCUT2D eigenvalue weighted by molar-refractivity contribution is 0.281. The molecule has 2 heterocycles. The van der Waals surface area contributed by atoms with Crippen molar-refractivity contribution in [3.8, 4) is 11.8 Å². The predicted molar refractivity (Wildman–Crippen MR) is 125 cm³/mol. The van der Waals surface area contributed by atoms with E-state index in [1.165, 1.54) is 0 Å². The van der Waals surface area contributed by atoms with Gasteiger partial charge in [-0.3, -0.25) is 9.88 Å². The molecule has 2 aromatic heterocycles. The maximum Gasteiger partial charge on any atom is 0.229 e. The molecule has 0 aliphatic rings. The average molecular weight is 448 g/mol. The van der Waals surface area contributed by atoms with Gasteiger partial charge in [0.1, 0.15) is 5.82 Å². The smallest absolute Gasteiger partial charge is 0.229 e. The Hall–Kier alpha value is -3.94. The molecule has 0 aliphatic heterocycles. The van der Waals surface area contributed by atoms with Gasteiger partial charge in [-0.05, 0) is 49.4 Å². The Bertz CT molecular complexity index is 1380. The number of benzene rings is 2. The molecule has 2 aromatic carbocycles. The molecule has 10 heteroatoms. The lowest BCUT2D eigenvalue weighted by Crippen LogP contribution is -2.21. The van der Waals surface area contributed by atoms with Gasteiger partial charge in [-0.2, -0.15) is 10.1 Å². The molecule has 4 rings (SSSR count). The highest BCUT2D eigenvalue weighted by atomic mass is 32.2. The Labute approximate surface area is 186 Å². The maximum atomic E-state index is 11.3. The molecular formula is C22H21N7O2S. The molecular weight excluding hydrogens is 426 g/mol. The van der Waals surface area contributed by atoms with Gasteiger partial charge in [0.05, 0.1) is 40.7 Å². The highest BCUT2D eigenvalue weighted by molar-refractivity contribution is 7.73. The van der Waals surface area contributed by atoms with Crippen LogP contribution in [0.2, 0.25) is 0 Å². The van der Waals surface area contributed by atoms with Crippen LogP contribution in [0.25, 0.3) is 10.9 Å². The van der Waals surface area contributed by atoms with Crippen molar-refractivity contribution in [1.82, 2.24) is 20.2 Å². The summed E-state index contributed by atoms with van der Waals surface area (Å²) in [6.45, 7) is 1.77. The molecule has 0 spiro atoms. The fourth-order valence-corrected chi connectivity index (χ4v) is 3.31. The third kappa shape index (κ3) is 5.03. The molecule has 2 atom stereocenters. The summed E-state index contributed by atoms with van der Waals surface area (Å²) in [6.07, 6.45) is 3.36. The number of aliphatic hydroxyl groups excluding tert-OH is 1. The van der Waals surface area contributed by atoms with E-state index >= 15 is 0 Å². The largest absolute Gasteiger partial charge is 0.394 e. The number of H-pyrrole nitrogens is 1. The SMILES string of the molecule is C[C@H](CO)Nc1nc(Nc2ccc([SH](=N)=O)cc2)ncc1C#Cc1ccc2cn[nH]c2c1. The number of aliphatic hydroxyl groups is 1. The fourth-order valence-electron chi connectivity index (χ4n) is 2.89. The normalized spacial score (nSPS) is 12.6. The second-order valence-corrected chi connectivity index (χ2v) is 8.18. The molecule has 1 unspecified atom stereocenters. The highest BCUT2D eigenvalue weighted by Gasteiger charge is 2.09. The molecule has 32 heavy (non-hydrogen) atoms. The summed E-state index contributed by atoms with van der Waals surface area (Å²) in [6, 6.07) is 12.2. The first-order valence-electron chi connectivity index (χ1n) is 9.77. The molecule has 0 amide bonds. The number of thiol groups is 1. The lowest BCUT2D eigenvalue weighted by atomic mass is 10.1. The third-order valence-electron chi connectivity index (χ3n) is 4.59. The van der Waals surface area contributed by atoms with Crippen molar-refractivity contribution in [3.05, 3.63) is 66.0 Å². The number of aromatic nitrogens is 4. The third-order valence-corrected chi connectivity index (χ3v) is 5.35. The van der Waals surface area contributed by atoms with Gasteiger partial charge >= 0.3 is 0 Å². The van der Waals surface area contributed by atoms with E-state index in [-0.39, 0.29) is 12.6 Å². The van der Waals surface area contributed by atoms with Crippen LogP contribution >= 0.6 is 0 Å². The number of nitrogens with one attached hydrogen (secondary N) is 4. The Morgan fingerprint density at radius 3 is 2.75 bits per heavy atom. The number of fused-ring (bicyclic) bond motifs is 1. The van der Waals surface area contributed by atoms with Crippen LogP contribution in [0.1, 0.15) is 18.1 Å². The molecule has 0 aliphatic carbocycles. The van der Waals surface area contributed by atoms with E-state index in [1.807, 2.05) is 25.1 Å². The van der Waals surface area contributed by atoms with E-state index < -0.39 is 10.6 Å². The summed E-state index contributed by atoms with van der Waals surface area (Å²) >= 11 is 0. The van der Waals surface area contributed by atoms with Crippen LogP contribution in [0.15, 0.2) is 59.8 Å². The van der Waals surface area contributed by atoms with Gasteiger partial charge in [-0.25, -0.2) is 9.19 Å². The zero-order chi connectivity index (χ0) is 22.5. The molecule has 0 saturated heterocycles. The summed E-state index contributed by atoms with van der Waals surface area (Å²) < 4.78 is 18.6. The zero-order valence-electron chi connectivity index (χ0n) is 17.1. The molecule has 162 valence electrons. The van der Waals surface area contributed by atoms with E-state index in [0.717, 1.165) is 16.5 Å². The molecule has 9 nitrogen and oxygen atoms in total. The molecule has 5 N–H and O–H groups in total. The quantitative estimate of drug-likeness (QED) is 0.197. The Balaban J connectivity index is 1.62. The molecule has 0 fully saturated rings. The Kier molecular flexibility index (Phi) is 6.30. The van der Waals surface area contributed by atoms with Crippen LogP contribution in [0, 0.1) is 16.6 Å². The first-order valence-corrected chi connectivity index (χ1v) is 11.0. The van der Waals surface area contributed by atoms with Crippen molar-refractivity contribution in [3.63, 3.8) is 0 Å². The fraction of sp³-hybridized carbons (Fsp3) is 0.136. The van der Waals surface area contributed by atoms with Gasteiger partial charge in [0.25, 0.3) is 0 Å². The zero-order valence-corrected chi connectivity index (χ0v) is 18.0. The van der Waals surface area contributed by atoms with Crippen molar-refractivity contribution in [2.24, 2.45) is 0 Å². The van der Waals surface area contributed by atoms with Crippen LogP contribution in [0.5, 0.6) is 0 Å². The van der Waals surface area contributed by atoms with Crippen molar-refractivity contribution < 1.29 is 9.32 Å². The molecule has 4 aromatic rings. The number of anilines is 3. The predicted octanol–water partition coefficient (Wildman–Crippen LogP) is 2.89. The minimum absolute atomic E-state index is 0.0666. The number of nitrogens with zero attached hydrogens (tertiary/aromatic N) is 3. The van der Waals surface area contributed by atoms with Crippen molar-refractivity contribution >= 4 is 39.0 Å².